The van der Waals surface area contributed by atoms with Gasteiger partial charge in [-0.2, -0.15) is 0 Å². The van der Waals surface area contributed by atoms with E-state index in [0.29, 0.717) is 25.0 Å². The Morgan fingerprint density at radius 3 is 2.21 bits per heavy atom. The summed E-state index contributed by atoms with van der Waals surface area (Å²) in [6, 6.07) is 0.313. The molecule has 2 unspecified atom stereocenters. The van der Waals surface area contributed by atoms with E-state index in [9.17, 15) is 9.59 Å². The molecule has 2 saturated heterocycles. The van der Waals surface area contributed by atoms with Crippen LogP contribution in [0.4, 0.5) is 5.95 Å². The van der Waals surface area contributed by atoms with Crippen LogP contribution in [0.5, 0.6) is 0 Å². The lowest BCUT2D eigenvalue weighted by atomic mass is 9.81. The third-order valence-corrected chi connectivity index (χ3v) is 6.83. The van der Waals surface area contributed by atoms with E-state index in [-0.39, 0.29) is 35.5 Å². The molecule has 5 rings (SSSR count). The van der Waals surface area contributed by atoms with E-state index in [0.717, 1.165) is 45.6 Å². The predicted molar refractivity (Wildman–Crippen MR) is 104 cm³/mol. The highest BCUT2D eigenvalue weighted by Gasteiger charge is 2.60. The first-order valence-corrected chi connectivity index (χ1v) is 10.4. The molecular formula is C21H29N5O2. The molecule has 1 aromatic heterocycles. The molecule has 0 radical (unpaired) electrons. The van der Waals surface area contributed by atoms with Gasteiger partial charge in [0.2, 0.25) is 17.8 Å². The molecule has 6 atom stereocenters. The van der Waals surface area contributed by atoms with Crippen LogP contribution in [0, 0.1) is 23.7 Å². The molecule has 2 aliphatic heterocycles. The van der Waals surface area contributed by atoms with Crippen molar-refractivity contribution in [3.05, 3.63) is 18.4 Å². The van der Waals surface area contributed by atoms with Gasteiger partial charge < -0.3 is 4.90 Å². The van der Waals surface area contributed by atoms with Crippen LogP contribution in [0.3, 0.4) is 0 Å². The number of anilines is 1. The topological polar surface area (TPSA) is 69.6 Å². The maximum absolute atomic E-state index is 12.8. The molecule has 2 aliphatic carbocycles. The fraction of sp³-hybridized carbons (Fsp3) is 0.714. The normalized spacial score (nSPS) is 39.2. The zero-order valence-electron chi connectivity index (χ0n) is 19.0. The minimum Gasteiger partial charge on any atom is -0.338 e. The van der Waals surface area contributed by atoms with Crippen molar-refractivity contribution in [2.75, 3.05) is 44.2 Å². The maximum atomic E-state index is 12.8. The Kier molecular flexibility index (Phi) is 3.95. The number of hydrogen-bond donors (Lipinski definition) is 0. The summed E-state index contributed by atoms with van der Waals surface area (Å²) in [4.78, 5) is 40.1. The van der Waals surface area contributed by atoms with Crippen LogP contribution in [0.1, 0.15) is 36.2 Å². The van der Waals surface area contributed by atoms with E-state index in [4.69, 9.17) is 4.11 Å². The number of likely N-dealkylation sites (tertiary alicyclic amines) is 1. The van der Waals surface area contributed by atoms with Gasteiger partial charge in [0, 0.05) is 47.9 Å². The van der Waals surface area contributed by atoms with Crippen LogP contribution in [-0.4, -0.2) is 70.9 Å². The van der Waals surface area contributed by atoms with Gasteiger partial charge in [-0.1, -0.05) is 0 Å². The number of fused-ring (bicyclic) bond motifs is 5. The van der Waals surface area contributed by atoms with Gasteiger partial charge in [0.15, 0.2) is 0 Å². The van der Waals surface area contributed by atoms with Crippen LogP contribution >= 0.6 is 0 Å². The summed E-state index contributed by atoms with van der Waals surface area (Å²) in [5.74, 6) is -0.362. The summed E-state index contributed by atoms with van der Waals surface area (Å²) in [5.41, 5.74) is 0. The lowest BCUT2D eigenvalue weighted by Gasteiger charge is -2.34. The third-order valence-electron chi connectivity index (χ3n) is 6.83. The van der Waals surface area contributed by atoms with Crippen molar-refractivity contribution >= 4 is 17.8 Å². The number of amides is 2. The van der Waals surface area contributed by atoms with Gasteiger partial charge in [-0.25, -0.2) is 9.97 Å². The average molecular weight is 387 g/mol. The number of imide groups is 1. The number of rotatable bonds is 6. The van der Waals surface area contributed by atoms with E-state index in [1.807, 2.05) is 0 Å². The van der Waals surface area contributed by atoms with Gasteiger partial charge in [0.25, 0.3) is 0 Å². The van der Waals surface area contributed by atoms with Gasteiger partial charge >= 0.3 is 0 Å². The summed E-state index contributed by atoms with van der Waals surface area (Å²) in [6.45, 7) is 4.90. The first kappa shape index (κ1) is 14.9. The summed E-state index contributed by atoms with van der Waals surface area (Å²) in [6.07, 6.45) is 4.41. The molecule has 1 aromatic rings. The molecule has 2 amide bonds. The summed E-state index contributed by atoms with van der Waals surface area (Å²) in [7, 11) is 0. The fourth-order valence-electron chi connectivity index (χ4n) is 5.38. The van der Waals surface area contributed by atoms with Crippen LogP contribution in [0.2, 0.25) is 0 Å². The number of carbonyl (C=O) groups is 2. The average Bonchev–Trinajstić information content (AvgIpc) is 3.38. The molecule has 4 aliphatic rings. The minimum atomic E-state index is -0.517. The minimum absolute atomic E-state index is 0.0843. The van der Waals surface area contributed by atoms with Crippen molar-refractivity contribution < 1.29 is 13.7 Å². The van der Waals surface area contributed by atoms with E-state index >= 15 is 0 Å². The molecule has 4 fully saturated rings. The molecule has 2 bridgehead atoms. The highest BCUT2D eigenvalue weighted by atomic mass is 16.2. The van der Waals surface area contributed by atoms with Crippen molar-refractivity contribution in [3.63, 3.8) is 0 Å². The number of carbonyl (C=O) groups excluding carboxylic acids is 2. The van der Waals surface area contributed by atoms with Crippen molar-refractivity contribution in [2.45, 2.75) is 32.1 Å². The van der Waals surface area contributed by atoms with Crippen molar-refractivity contribution in [1.29, 1.82) is 0 Å². The zero-order valence-corrected chi connectivity index (χ0v) is 16.0. The Hall–Kier alpha value is -2.02. The monoisotopic (exact) mass is 386 g/mol. The quantitative estimate of drug-likeness (QED) is 0.544. The van der Waals surface area contributed by atoms with E-state index in [1.54, 1.807) is 0 Å². The molecule has 150 valence electrons. The third kappa shape index (κ3) is 3.09. The first-order chi connectivity index (χ1) is 15.0. The molecule has 0 N–H and O–H groups in total. The molecular weight excluding hydrogens is 354 g/mol. The van der Waals surface area contributed by atoms with Crippen LogP contribution < -0.4 is 4.90 Å². The Bertz CT molecular complexity index is 816. The number of nitrogens with zero attached hydrogens (tertiary/aromatic N) is 5. The van der Waals surface area contributed by atoms with Gasteiger partial charge in [-0.05, 0) is 56.5 Å². The van der Waals surface area contributed by atoms with Crippen molar-refractivity contribution in [2.24, 2.45) is 23.7 Å². The second-order valence-electron chi connectivity index (χ2n) is 8.35. The zero-order chi connectivity index (χ0) is 21.7. The highest BCUT2D eigenvalue weighted by Crippen LogP contribution is 2.56. The molecule has 3 heterocycles. The summed E-state index contributed by atoms with van der Waals surface area (Å²) < 4.78 is 23.8. The van der Waals surface area contributed by atoms with Gasteiger partial charge in [-0.15, -0.1) is 0 Å². The van der Waals surface area contributed by atoms with Gasteiger partial charge in [0.1, 0.15) is 0 Å². The SMILES string of the molecule is [2H]c1cnc(N2CCN(CCCCN3C(=O)[C@@H]4[C@H](C3=O)[C@H]3C[C@H]4C([2H])C3[2H])CC2)nc1. The Morgan fingerprint density at radius 1 is 0.964 bits per heavy atom. The maximum Gasteiger partial charge on any atom is 0.233 e. The van der Waals surface area contributed by atoms with E-state index in [2.05, 4.69) is 19.8 Å². The lowest BCUT2D eigenvalue weighted by Crippen LogP contribution is -2.47. The number of aromatic nitrogens is 2. The Labute approximate surface area is 170 Å². The molecule has 28 heavy (non-hydrogen) atoms. The molecule has 2 saturated carbocycles. The second-order valence-corrected chi connectivity index (χ2v) is 8.35. The number of hydrogen-bond acceptors (Lipinski definition) is 6. The van der Waals surface area contributed by atoms with Gasteiger partial charge in [-0.3, -0.25) is 19.4 Å². The lowest BCUT2D eigenvalue weighted by molar-refractivity contribution is -0.140. The fourth-order valence-corrected chi connectivity index (χ4v) is 5.38. The number of unbranched alkanes of at least 4 members (excludes halogenated alkanes) is 1. The van der Waals surface area contributed by atoms with Crippen molar-refractivity contribution in [1.82, 2.24) is 19.8 Å². The molecule has 7 nitrogen and oxygen atoms in total. The highest BCUT2D eigenvalue weighted by molar-refractivity contribution is 6.06. The first-order valence-electron chi connectivity index (χ1n) is 12.1. The van der Waals surface area contributed by atoms with Crippen LogP contribution in [0.25, 0.3) is 0 Å². The standard InChI is InChI=1S/C21H29N5O2/c27-19-17-15-4-5-16(14-15)18(17)20(28)26(19)9-2-1-8-24-10-12-25(13-11-24)21-22-6-3-7-23-21/h3,6-7,15-18H,1-2,4-5,8-14H2/t15-,16-,17-,18+/m1/s1/i3D,4D,5D/t4?,5?,15-,16-,17-,18+. The smallest absolute Gasteiger partial charge is 0.233 e. The Morgan fingerprint density at radius 2 is 1.57 bits per heavy atom. The molecule has 7 heteroatoms. The Balaban J connectivity index is 1.06. The predicted octanol–water partition coefficient (Wildman–Crippen LogP) is 1.41. The molecule has 0 aromatic carbocycles. The second kappa shape index (κ2) is 7.43. The van der Waals surface area contributed by atoms with E-state index in [1.165, 1.54) is 17.3 Å². The van der Waals surface area contributed by atoms with E-state index < -0.39 is 12.8 Å². The van der Waals surface area contributed by atoms with Crippen molar-refractivity contribution in [3.8, 4) is 0 Å². The van der Waals surface area contributed by atoms with Gasteiger partial charge in [0.05, 0.1) is 13.2 Å². The molecule has 0 spiro atoms. The van der Waals surface area contributed by atoms with Crippen LogP contribution in [0.15, 0.2) is 18.4 Å². The van der Waals surface area contributed by atoms with Crippen LogP contribution in [-0.2, 0) is 9.59 Å². The number of piperazine rings is 1. The summed E-state index contributed by atoms with van der Waals surface area (Å²) >= 11 is 0. The summed E-state index contributed by atoms with van der Waals surface area (Å²) in [5, 5.41) is 0. The largest absolute Gasteiger partial charge is 0.338 e.